The third-order valence-electron chi connectivity index (χ3n) is 3.02. The van der Waals surface area contributed by atoms with Gasteiger partial charge in [-0.25, -0.2) is 0 Å². The fourth-order valence-electron chi connectivity index (χ4n) is 2.22. The first kappa shape index (κ1) is 12.8. The molecule has 1 aliphatic rings. The number of allylic oxidation sites excluding steroid dienone is 2. The molecule has 0 aliphatic carbocycles. The molecule has 0 unspecified atom stereocenters. The SMILES string of the molecule is CC(C)/C=C/C1CCN(CC(C)C)CC1. The summed E-state index contributed by atoms with van der Waals surface area (Å²) in [5.41, 5.74) is 0. The first-order valence-electron chi connectivity index (χ1n) is 6.48. The minimum atomic E-state index is 0.707. The minimum absolute atomic E-state index is 0.707. The summed E-state index contributed by atoms with van der Waals surface area (Å²) in [6.45, 7) is 13.0. The van der Waals surface area contributed by atoms with Gasteiger partial charge < -0.3 is 4.90 Å². The molecule has 1 rings (SSSR count). The van der Waals surface area contributed by atoms with Crippen LogP contribution in [0.25, 0.3) is 0 Å². The van der Waals surface area contributed by atoms with Crippen LogP contribution >= 0.6 is 0 Å². The van der Waals surface area contributed by atoms with Gasteiger partial charge in [-0.3, -0.25) is 0 Å². The van der Waals surface area contributed by atoms with Crippen molar-refractivity contribution in [1.29, 1.82) is 0 Å². The minimum Gasteiger partial charge on any atom is -0.303 e. The van der Waals surface area contributed by atoms with E-state index in [9.17, 15) is 0 Å². The Balaban J connectivity index is 2.23. The van der Waals surface area contributed by atoms with E-state index in [0.717, 1.165) is 11.8 Å². The van der Waals surface area contributed by atoms with E-state index in [1.165, 1.54) is 32.5 Å². The van der Waals surface area contributed by atoms with Crippen molar-refractivity contribution in [3.8, 4) is 0 Å². The van der Waals surface area contributed by atoms with Crippen molar-refractivity contribution in [3.63, 3.8) is 0 Å². The van der Waals surface area contributed by atoms with Crippen molar-refractivity contribution in [3.05, 3.63) is 12.2 Å². The summed E-state index contributed by atoms with van der Waals surface area (Å²) in [7, 11) is 0. The Labute approximate surface area is 95.5 Å². The molecule has 0 aromatic rings. The van der Waals surface area contributed by atoms with Crippen molar-refractivity contribution >= 4 is 0 Å². The third-order valence-corrected chi connectivity index (χ3v) is 3.02. The Bertz CT molecular complexity index is 186. The Kier molecular flexibility index (Phi) is 5.38. The predicted molar refractivity (Wildman–Crippen MR) is 68.0 cm³/mol. The van der Waals surface area contributed by atoms with Gasteiger partial charge >= 0.3 is 0 Å². The zero-order chi connectivity index (χ0) is 11.3. The van der Waals surface area contributed by atoms with Crippen LogP contribution < -0.4 is 0 Å². The van der Waals surface area contributed by atoms with Gasteiger partial charge in [-0.1, -0.05) is 39.8 Å². The van der Waals surface area contributed by atoms with Crippen LogP contribution in [-0.4, -0.2) is 24.5 Å². The fraction of sp³-hybridized carbons (Fsp3) is 0.857. The van der Waals surface area contributed by atoms with Gasteiger partial charge in [-0.2, -0.15) is 0 Å². The second-order valence-electron chi connectivity index (χ2n) is 5.66. The van der Waals surface area contributed by atoms with Gasteiger partial charge in [0.25, 0.3) is 0 Å². The van der Waals surface area contributed by atoms with Gasteiger partial charge in [0.05, 0.1) is 0 Å². The van der Waals surface area contributed by atoms with Crippen molar-refractivity contribution in [1.82, 2.24) is 4.90 Å². The van der Waals surface area contributed by atoms with E-state index in [2.05, 4.69) is 44.7 Å². The fourth-order valence-corrected chi connectivity index (χ4v) is 2.22. The molecular formula is C14H27N. The summed E-state index contributed by atoms with van der Waals surface area (Å²) >= 11 is 0. The molecule has 1 fully saturated rings. The molecule has 0 amide bonds. The Hall–Kier alpha value is -0.300. The van der Waals surface area contributed by atoms with Gasteiger partial charge in [0.2, 0.25) is 0 Å². The Morgan fingerprint density at radius 3 is 2.20 bits per heavy atom. The maximum atomic E-state index is 2.62. The maximum absolute atomic E-state index is 2.62. The highest BCUT2D eigenvalue weighted by Gasteiger charge is 2.17. The number of likely N-dealkylation sites (tertiary alicyclic amines) is 1. The average molecular weight is 209 g/mol. The van der Waals surface area contributed by atoms with Gasteiger partial charge in [0.1, 0.15) is 0 Å². The largest absolute Gasteiger partial charge is 0.303 e. The molecular weight excluding hydrogens is 182 g/mol. The van der Waals surface area contributed by atoms with E-state index in [-0.39, 0.29) is 0 Å². The molecule has 0 saturated carbocycles. The highest BCUT2D eigenvalue weighted by Crippen LogP contribution is 2.19. The number of hydrogen-bond donors (Lipinski definition) is 0. The van der Waals surface area contributed by atoms with Crippen LogP contribution in [0.15, 0.2) is 12.2 Å². The first-order chi connectivity index (χ1) is 7.08. The zero-order valence-corrected chi connectivity index (χ0v) is 10.9. The molecule has 0 aromatic carbocycles. The van der Waals surface area contributed by atoms with Crippen LogP contribution in [0, 0.1) is 17.8 Å². The molecule has 0 spiro atoms. The van der Waals surface area contributed by atoms with Crippen molar-refractivity contribution in [2.24, 2.45) is 17.8 Å². The highest BCUT2D eigenvalue weighted by atomic mass is 15.1. The van der Waals surface area contributed by atoms with E-state index in [0.29, 0.717) is 5.92 Å². The molecule has 0 N–H and O–H groups in total. The number of hydrogen-bond acceptors (Lipinski definition) is 1. The molecule has 1 aliphatic heterocycles. The first-order valence-corrected chi connectivity index (χ1v) is 6.48. The summed E-state index contributed by atoms with van der Waals surface area (Å²) in [5, 5.41) is 0. The highest BCUT2D eigenvalue weighted by molar-refractivity contribution is 4.92. The summed E-state index contributed by atoms with van der Waals surface area (Å²) < 4.78 is 0. The second kappa shape index (κ2) is 6.32. The van der Waals surface area contributed by atoms with E-state index >= 15 is 0 Å². The third kappa shape index (κ3) is 5.36. The maximum Gasteiger partial charge on any atom is 0.000439 e. The molecule has 1 nitrogen and oxygen atoms in total. The van der Waals surface area contributed by atoms with E-state index in [4.69, 9.17) is 0 Å². The van der Waals surface area contributed by atoms with Gasteiger partial charge in [0, 0.05) is 6.54 Å². The lowest BCUT2D eigenvalue weighted by atomic mass is 9.94. The van der Waals surface area contributed by atoms with E-state index in [1.54, 1.807) is 0 Å². The molecule has 0 bridgehead atoms. The van der Waals surface area contributed by atoms with E-state index < -0.39 is 0 Å². The monoisotopic (exact) mass is 209 g/mol. The quantitative estimate of drug-likeness (QED) is 0.640. The number of rotatable bonds is 4. The van der Waals surface area contributed by atoms with Crippen LogP contribution in [0.3, 0.4) is 0 Å². The molecule has 1 heterocycles. The molecule has 15 heavy (non-hydrogen) atoms. The van der Waals surface area contributed by atoms with Crippen molar-refractivity contribution < 1.29 is 0 Å². The Morgan fingerprint density at radius 1 is 1.13 bits per heavy atom. The molecule has 0 aromatic heterocycles. The molecule has 0 radical (unpaired) electrons. The topological polar surface area (TPSA) is 3.24 Å². The lowest BCUT2D eigenvalue weighted by molar-refractivity contribution is 0.184. The lowest BCUT2D eigenvalue weighted by Gasteiger charge is -2.31. The molecule has 0 atom stereocenters. The molecule has 1 heteroatoms. The van der Waals surface area contributed by atoms with Crippen molar-refractivity contribution in [2.45, 2.75) is 40.5 Å². The van der Waals surface area contributed by atoms with Gasteiger partial charge in [0.15, 0.2) is 0 Å². The lowest BCUT2D eigenvalue weighted by Crippen LogP contribution is -2.35. The molecule has 1 saturated heterocycles. The number of piperidine rings is 1. The van der Waals surface area contributed by atoms with Crippen LogP contribution in [0.2, 0.25) is 0 Å². The average Bonchev–Trinajstić information content (AvgIpc) is 2.16. The van der Waals surface area contributed by atoms with Gasteiger partial charge in [-0.15, -0.1) is 0 Å². The van der Waals surface area contributed by atoms with Gasteiger partial charge in [-0.05, 0) is 43.7 Å². The second-order valence-corrected chi connectivity index (χ2v) is 5.66. The van der Waals surface area contributed by atoms with Crippen LogP contribution in [0.4, 0.5) is 0 Å². The Morgan fingerprint density at radius 2 is 1.73 bits per heavy atom. The van der Waals surface area contributed by atoms with Crippen LogP contribution in [-0.2, 0) is 0 Å². The van der Waals surface area contributed by atoms with Crippen molar-refractivity contribution in [2.75, 3.05) is 19.6 Å². The summed E-state index contributed by atoms with van der Waals surface area (Å²) in [5.74, 6) is 2.36. The summed E-state index contributed by atoms with van der Waals surface area (Å²) in [4.78, 5) is 2.62. The normalized spacial score (nSPS) is 20.9. The number of nitrogens with zero attached hydrogens (tertiary/aromatic N) is 1. The summed E-state index contributed by atoms with van der Waals surface area (Å²) in [6, 6.07) is 0. The zero-order valence-electron chi connectivity index (χ0n) is 10.9. The van der Waals surface area contributed by atoms with Crippen LogP contribution in [0.5, 0.6) is 0 Å². The smallest absolute Gasteiger partial charge is 0.000439 e. The predicted octanol–water partition coefficient (Wildman–Crippen LogP) is 3.57. The standard InChI is InChI=1S/C14H27N/c1-12(2)5-6-14-7-9-15(10-8-14)11-13(3)4/h5-6,12-14H,7-11H2,1-4H3/b6-5+. The van der Waals surface area contributed by atoms with Crippen LogP contribution in [0.1, 0.15) is 40.5 Å². The summed E-state index contributed by atoms with van der Waals surface area (Å²) in [6.07, 6.45) is 7.52. The van der Waals surface area contributed by atoms with E-state index in [1.807, 2.05) is 0 Å². The molecule has 88 valence electrons.